The third-order valence-corrected chi connectivity index (χ3v) is 5.69. The van der Waals surface area contributed by atoms with Crippen LogP contribution in [0.3, 0.4) is 0 Å². The number of nitrogens with one attached hydrogen (secondary N) is 1. The van der Waals surface area contributed by atoms with Crippen LogP contribution in [-0.2, 0) is 9.53 Å². The molecule has 1 aromatic rings. The lowest BCUT2D eigenvalue weighted by Gasteiger charge is -2.34. The van der Waals surface area contributed by atoms with Crippen LogP contribution in [0.15, 0.2) is 29.3 Å². The Labute approximate surface area is 186 Å². The zero-order chi connectivity index (χ0) is 21.9. The van der Waals surface area contributed by atoms with Crippen molar-refractivity contribution in [2.24, 2.45) is 4.99 Å². The van der Waals surface area contributed by atoms with Gasteiger partial charge in [0.15, 0.2) is 5.96 Å². The second kappa shape index (κ2) is 12.8. The molecule has 1 amide bonds. The number of benzene rings is 1. The number of morpholine rings is 1. The first-order chi connectivity index (χ1) is 14.5. The van der Waals surface area contributed by atoms with Crippen molar-refractivity contribution in [3.8, 4) is 0 Å². The van der Waals surface area contributed by atoms with Gasteiger partial charge in [-0.1, -0.05) is 29.8 Å². The molecule has 1 heterocycles. The highest BCUT2D eigenvalue weighted by Crippen LogP contribution is 2.28. The topological polar surface area (TPSA) is 60.4 Å². The summed E-state index contributed by atoms with van der Waals surface area (Å²) in [5, 5.41) is 4.07. The van der Waals surface area contributed by atoms with Gasteiger partial charge >= 0.3 is 0 Å². The average molecular weight is 438 g/mol. The van der Waals surface area contributed by atoms with E-state index in [-0.39, 0.29) is 11.9 Å². The molecule has 2 rings (SSSR count). The van der Waals surface area contributed by atoms with Crippen molar-refractivity contribution in [2.75, 3.05) is 66.1 Å². The minimum atomic E-state index is 0.0585. The second-order valence-corrected chi connectivity index (χ2v) is 7.71. The van der Waals surface area contributed by atoms with Crippen LogP contribution in [0, 0.1) is 0 Å². The summed E-state index contributed by atoms with van der Waals surface area (Å²) in [4.78, 5) is 23.5. The normalized spacial score (nSPS) is 16.2. The van der Waals surface area contributed by atoms with Crippen molar-refractivity contribution in [3.05, 3.63) is 34.9 Å². The summed E-state index contributed by atoms with van der Waals surface area (Å²) in [6.45, 7) is 12.1. The fourth-order valence-electron chi connectivity index (χ4n) is 3.64. The number of likely N-dealkylation sites (N-methyl/N-ethyl adjacent to an activating group) is 2. The monoisotopic (exact) mass is 437 g/mol. The van der Waals surface area contributed by atoms with Crippen molar-refractivity contribution in [1.82, 2.24) is 20.0 Å². The molecule has 1 N–H and O–H groups in total. The van der Waals surface area contributed by atoms with Gasteiger partial charge in [-0.2, -0.15) is 0 Å². The fourth-order valence-corrected chi connectivity index (χ4v) is 3.90. The number of guanidine groups is 1. The number of nitrogens with zero attached hydrogens (tertiary/aromatic N) is 4. The molecule has 1 saturated heterocycles. The first-order valence-corrected chi connectivity index (χ1v) is 11.2. The maximum Gasteiger partial charge on any atom is 0.242 e. The highest BCUT2D eigenvalue weighted by molar-refractivity contribution is 6.31. The summed E-state index contributed by atoms with van der Waals surface area (Å²) in [5.74, 6) is 0.826. The lowest BCUT2D eigenvalue weighted by Crippen LogP contribution is -2.46. The second-order valence-electron chi connectivity index (χ2n) is 7.30. The molecule has 1 fully saturated rings. The van der Waals surface area contributed by atoms with Gasteiger partial charge in [-0.3, -0.25) is 14.7 Å². The standard InChI is InChI=1S/C22H36ClN5O2/c1-5-24-22(26(4)17-21(29)27(6-2)7-3)25-16-20(28-12-14-30-15-13-28)18-10-8-9-11-19(18)23/h8-11,20H,5-7,12-17H2,1-4H3,(H,24,25). The molecule has 1 aliphatic rings. The molecule has 168 valence electrons. The van der Waals surface area contributed by atoms with Crippen LogP contribution >= 0.6 is 11.6 Å². The van der Waals surface area contributed by atoms with Gasteiger partial charge in [0.2, 0.25) is 5.91 Å². The average Bonchev–Trinajstić information content (AvgIpc) is 2.75. The highest BCUT2D eigenvalue weighted by atomic mass is 35.5. The van der Waals surface area contributed by atoms with Crippen molar-refractivity contribution in [2.45, 2.75) is 26.8 Å². The summed E-state index contributed by atoms with van der Waals surface area (Å²) in [6.07, 6.45) is 0. The van der Waals surface area contributed by atoms with E-state index >= 15 is 0 Å². The molecule has 8 heteroatoms. The van der Waals surface area contributed by atoms with Gasteiger partial charge in [0.05, 0.1) is 32.3 Å². The molecule has 1 aliphatic heterocycles. The van der Waals surface area contributed by atoms with Gasteiger partial charge < -0.3 is 19.9 Å². The van der Waals surface area contributed by atoms with Crippen LogP contribution in [0.1, 0.15) is 32.4 Å². The third-order valence-electron chi connectivity index (χ3n) is 5.35. The van der Waals surface area contributed by atoms with Crippen molar-refractivity contribution in [1.29, 1.82) is 0 Å². The summed E-state index contributed by atoms with van der Waals surface area (Å²) < 4.78 is 5.53. The van der Waals surface area contributed by atoms with Crippen molar-refractivity contribution < 1.29 is 9.53 Å². The fraction of sp³-hybridized carbons (Fsp3) is 0.636. The lowest BCUT2D eigenvalue weighted by atomic mass is 10.0. The Kier molecular flexibility index (Phi) is 10.4. The molecule has 0 saturated carbocycles. The molecular weight excluding hydrogens is 402 g/mol. The van der Waals surface area contributed by atoms with E-state index < -0.39 is 0 Å². The predicted octanol–water partition coefficient (Wildman–Crippen LogP) is 2.48. The molecule has 1 unspecified atom stereocenters. The number of hydrogen-bond donors (Lipinski definition) is 1. The SMILES string of the molecule is CCNC(=NCC(c1ccccc1Cl)N1CCOCC1)N(C)CC(=O)N(CC)CC. The molecule has 7 nitrogen and oxygen atoms in total. The van der Waals surface area contributed by atoms with Crippen LogP contribution in [0.5, 0.6) is 0 Å². The zero-order valence-electron chi connectivity index (χ0n) is 18.7. The van der Waals surface area contributed by atoms with Crippen LogP contribution < -0.4 is 5.32 Å². The van der Waals surface area contributed by atoms with Gasteiger partial charge in [-0.15, -0.1) is 0 Å². The number of carbonyl (C=O) groups is 1. The maximum atomic E-state index is 12.5. The minimum Gasteiger partial charge on any atom is -0.379 e. The molecular formula is C22H36ClN5O2. The number of carbonyl (C=O) groups excluding carboxylic acids is 1. The Morgan fingerprint density at radius 3 is 2.50 bits per heavy atom. The number of rotatable bonds is 9. The number of aliphatic imine (C=N–C) groups is 1. The van der Waals surface area contributed by atoms with E-state index in [9.17, 15) is 4.79 Å². The van der Waals surface area contributed by atoms with Crippen LogP contribution in [-0.4, -0.2) is 92.6 Å². The molecule has 0 radical (unpaired) electrons. The molecule has 1 atom stereocenters. The number of amides is 1. The number of ether oxygens (including phenoxy) is 1. The van der Waals surface area contributed by atoms with Gasteiger partial charge in [0.25, 0.3) is 0 Å². The van der Waals surface area contributed by atoms with Crippen molar-refractivity contribution in [3.63, 3.8) is 0 Å². The Morgan fingerprint density at radius 1 is 1.23 bits per heavy atom. The number of hydrogen-bond acceptors (Lipinski definition) is 4. The lowest BCUT2D eigenvalue weighted by molar-refractivity contribution is -0.131. The Morgan fingerprint density at radius 2 is 1.90 bits per heavy atom. The maximum absolute atomic E-state index is 12.5. The van der Waals surface area contributed by atoms with Crippen molar-refractivity contribution >= 4 is 23.5 Å². The van der Waals surface area contributed by atoms with Crippen LogP contribution in [0.2, 0.25) is 5.02 Å². The summed E-state index contributed by atoms with van der Waals surface area (Å²) >= 11 is 6.53. The molecule has 30 heavy (non-hydrogen) atoms. The smallest absolute Gasteiger partial charge is 0.242 e. The van der Waals surface area contributed by atoms with Crippen LogP contribution in [0.4, 0.5) is 0 Å². The Bertz CT molecular complexity index is 690. The Hall–Kier alpha value is -1.83. The van der Waals surface area contributed by atoms with Gasteiger partial charge in [0.1, 0.15) is 0 Å². The molecule has 0 aromatic heterocycles. The largest absolute Gasteiger partial charge is 0.379 e. The summed E-state index contributed by atoms with van der Waals surface area (Å²) in [6, 6.07) is 8.01. The molecule has 0 aliphatic carbocycles. The molecule has 0 spiro atoms. The van der Waals surface area contributed by atoms with E-state index in [0.29, 0.717) is 39.4 Å². The van der Waals surface area contributed by atoms with E-state index in [1.54, 1.807) is 0 Å². The quantitative estimate of drug-likeness (QED) is 0.475. The van der Waals surface area contributed by atoms with Gasteiger partial charge in [-0.25, -0.2) is 0 Å². The van der Waals surface area contributed by atoms with E-state index in [4.69, 9.17) is 21.3 Å². The molecule has 0 bridgehead atoms. The van der Waals surface area contributed by atoms with E-state index in [0.717, 1.165) is 36.2 Å². The van der Waals surface area contributed by atoms with E-state index in [1.807, 2.05) is 55.8 Å². The van der Waals surface area contributed by atoms with E-state index in [1.165, 1.54) is 0 Å². The first kappa shape index (κ1) is 24.4. The highest BCUT2D eigenvalue weighted by Gasteiger charge is 2.25. The van der Waals surface area contributed by atoms with Crippen LogP contribution in [0.25, 0.3) is 0 Å². The van der Waals surface area contributed by atoms with E-state index in [2.05, 4.69) is 16.3 Å². The van der Waals surface area contributed by atoms with Gasteiger partial charge in [-0.05, 0) is 32.4 Å². The zero-order valence-corrected chi connectivity index (χ0v) is 19.5. The third kappa shape index (κ3) is 6.86. The summed E-state index contributed by atoms with van der Waals surface area (Å²) in [5.41, 5.74) is 1.07. The number of halogens is 1. The molecule has 1 aromatic carbocycles. The summed E-state index contributed by atoms with van der Waals surface area (Å²) in [7, 11) is 1.90. The predicted molar refractivity (Wildman–Crippen MR) is 123 cm³/mol. The minimum absolute atomic E-state index is 0.0585. The first-order valence-electron chi connectivity index (χ1n) is 10.8. The van der Waals surface area contributed by atoms with Gasteiger partial charge in [0, 0.05) is 44.8 Å². The Balaban J connectivity index is 2.20.